The van der Waals surface area contributed by atoms with Gasteiger partial charge in [-0.05, 0) is 49.2 Å². The van der Waals surface area contributed by atoms with E-state index in [1.165, 1.54) is 6.07 Å². The maximum absolute atomic E-state index is 11.7. The standard InChI is InChI=1S/C18H13Cl2NO2/c1-9-3-5-12-13(18(22)23)8-16(21-17(12)10(9)2)14-7-11(19)4-6-15(14)20/h3-8H,1-2H3,(H,22,23). The van der Waals surface area contributed by atoms with Crippen LogP contribution in [-0.2, 0) is 0 Å². The first kappa shape index (κ1) is 15.8. The number of fused-ring (bicyclic) bond motifs is 1. The Morgan fingerprint density at radius 1 is 1.09 bits per heavy atom. The van der Waals surface area contributed by atoms with E-state index in [-0.39, 0.29) is 5.56 Å². The van der Waals surface area contributed by atoms with E-state index in [4.69, 9.17) is 23.2 Å². The van der Waals surface area contributed by atoms with Crippen LogP contribution >= 0.6 is 23.2 Å². The molecule has 0 spiro atoms. The molecule has 116 valence electrons. The van der Waals surface area contributed by atoms with Crippen LogP contribution < -0.4 is 0 Å². The molecule has 1 heterocycles. The van der Waals surface area contributed by atoms with E-state index >= 15 is 0 Å². The highest BCUT2D eigenvalue weighted by molar-refractivity contribution is 6.35. The van der Waals surface area contributed by atoms with Gasteiger partial charge in [0.15, 0.2) is 0 Å². The van der Waals surface area contributed by atoms with Crippen molar-refractivity contribution >= 4 is 40.1 Å². The Bertz CT molecular complexity index is 951. The van der Waals surface area contributed by atoms with Gasteiger partial charge in [-0.1, -0.05) is 35.3 Å². The first-order chi connectivity index (χ1) is 10.9. The third-order valence-electron chi connectivity index (χ3n) is 3.94. The van der Waals surface area contributed by atoms with Crippen molar-refractivity contribution in [3.8, 4) is 11.3 Å². The van der Waals surface area contributed by atoms with Gasteiger partial charge in [-0.2, -0.15) is 0 Å². The molecule has 2 aromatic carbocycles. The molecular weight excluding hydrogens is 333 g/mol. The smallest absolute Gasteiger partial charge is 0.336 e. The molecule has 3 aromatic rings. The summed E-state index contributed by atoms with van der Waals surface area (Å²) in [5.74, 6) is -1.000. The van der Waals surface area contributed by atoms with Crippen LogP contribution in [0.4, 0.5) is 0 Å². The van der Waals surface area contributed by atoms with Crippen molar-refractivity contribution in [1.82, 2.24) is 4.98 Å². The van der Waals surface area contributed by atoms with Gasteiger partial charge in [-0.15, -0.1) is 0 Å². The fourth-order valence-electron chi connectivity index (χ4n) is 2.54. The summed E-state index contributed by atoms with van der Waals surface area (Å²) in [6.45, 7) is 3.90. The zero-order valence-corrected chi connectivity index (χ0v) is 14.0. The summed E-state index contributed by atoms with van der Waals surface area (Å²) in [7, 11) is 0. The molecule has 0 aliphatic carbocycles. The van der Waals surface area contributed by atoms with Crippen molar-refractivity contribution in [3.05, 3.63) is 63.1 Å². The van der Waals surface area contributed by atoms with Gasteiger partial charge >= 0.3 is 5.97 Å². The minimum Gasteiger partial charge on any atom is -0.478 e. The molecule has 1 N–H and O–H groups in total. The van der Waals surface area contributed by atoms with Gasteiger partial charge in [0, 0.05) is 16.0 Å². The number of aromatic carboxylic acids is 1. The number of halogens is 2. The number of nitrogens with zero attached hydrogens (tertiary/aromatic N) is 1. The molecule has 5 heteroatoms. The summed E-state index contributed by atoms with van der Waals surface area (Å²) in [4.78, 5) is 16.3. The summed E-state index contributed by atoms with van der Waals surface area (Å²) >= 11 is 12.3. The third-order valence-corrected chi connectivity index (χ3v) is 4.50. The average Bonchev–Trinajstić information content (AvgIpc) is 2.52. The van der Waals surface area contributed by atoms with E-state index in [1.54, 1.807) is 24.3 Å². The van der Waals surface area contributed by atoms with Gasteiger partial charge in [0.05, 0.1) is 21.8 Å². The quantitative estimate of drug-likeness (QED) is 0.664. The molecule has 0 fully saturated rings. The molecule has 0 bridgehead atoms. The fourth-order valence-corrected chi connectivity index (χ4v) is 2.92. The Morgan fingerprint density at radius 2 is 1.83 bits per heavy atom. The normalized spacial score (nSPS) is 11.0. The highest BCUT2D eigenvalue weighted by atomic mass is 35.5. The number of carbonyl (C=O) groups is 1. The Hall–Kier alpha value is -2.10. The maximum Gasteiger partial charge on any atom is 0.336 e. The maximum atomic E-state index is 11.7. The van der Waals surface area contributed by atoms with Gasteiger partial charge in [-0.3, -0.25) is 0 Å². The van der Waals surface area contributed by atoms with E-state index in [9.17, 15) is 9.90 Å². The van der Waals surface area contributed by atoms with Gasteiger partial charge in [0.1, 0.15) is 0 Å². The van der Waals surface area contributed by atoms with Crippen LogP contribution in [0, 0.1) is 13.8 Å². The number of aromatic nitrogens is 1. The van der Waals surface area contributed by atoms with Crippen LogP contribution in [0.3, 0.4) is 0 Å². The molecule has 23 heavy (non-hydrogen) atoms. The molecule has 0 atom stereocenters. The lowest BCUT2D eigenvalue weighted by molar-refractivity contribution is 0.0699. The molecule has 3 nitrogen and oxygen atoms in total. The van der Waals surface area contributed by atoms with Crippen LogP contribution in [0.2, 0.25) is 10.0 Å². The van der Waals surface area contributed by atoms with Crippen LogP contribution in [0.25, 0.3) is 22.2 Å². The molecule has 0 amide bonds. The Labute approximate surface area is 143 Å². The van der Waals surface area contributed by atoms with Gasteiger partial charge in [0.2, 0.25) is 0 Å². The van der Waals surface area contributed by atoms with Gasteiger partial charge in [0.25, 0.3) is 0 Å². The zero-order chi connectivity index (χ0) is 16.7. The van der Waals surface area contributed by atoms with Gasteiger partial charge in [-0.25, -0.2) is 9.78 Å². The largest absolute Gasteiger partial charge is 0.478 e. The second-order valence-electron chi connectivity index (χ2n) is 5.39. The van der Waals surface area contributed by atoms with Crippen molar-refractivity contribution in [1.29, 1.82) is 0 Å². The second-order valence-corrected chi connectivity index (χ2v) is 6.23. The third kappa shape index (κ3) is 2.78. The highest BCUT2D eigenvalue weighted by Crippen LogP contribution is 2.33. The average molecular weight is 346 g/mol. The number of pyridine rings is 1. The van der Waals surface area contributed by atoms with Crippen molar-refractivity contribution < 1.29 is 9.90 Å². The Morgan fingerprint density at radius 3 is 2.52 bits per heavy atom. The lowest BCUT2D eigenvalue weighted by atomic mass is 9.99. The number of carboxylic acids is 1. The number of rotatable bonds is 2. The minimum atomic E-state index is -1.000. The molecule has 0 radical (unpaired) electrons. The van der Waals surface area contributed by atoms with E-state index in [0.29, 0.717) is 32.2 Å². The number of benzene rings is 2. The lowest BCUT2D eigenvalue weighted by Gasteiger charge is -2.12. The van der Waals surface area contributed by atoms with Crippen molar-refractivity contribution in [2.24, 2.45) is 0 Å². The predicted molar refractivity (Wildman–Crippen MR) is 93.6 cm³/mol. The van der Waals surface area contributed by atoms with Crippen LogP contribution in [0.5, 0.6) is 0 Å². The number of hydrogen-bond acceptors (Lipinski definition) is 2. The monoisotopic (exact) mass is 345 g/mol. The number of carboxylic acid groups (broad SMARTS) is 1. The minimum absolute atomic E-state index is 0.198. The summed E-state index contributed by atoms with van der Waals surface area (Å²) < 4.78 is 0. The van der Waals surface area contributed by atoms with Crippen LogP contribution in [-0.4, -0.2) is 16.1 Å². The van der Waals surface area contributed by atoms with E-state index in [1.807, 2.05) is 19.9 Å². The summed E-state index contributed by atoms with van der Waals surface area (Å²) in [6.07, 6.45) is 0. The highest BCUT2D eigenvalue weighted by Gasteiger charge is 2.16. The second kappa shape index (κ2) is 5.84. The first-order valence-corrected chi connectivity index (χ1v) is 7.73. The van der Waals surface area contributed by atoms with Crippen molar-refractivity contribution in [2.75, 3.05) is 0 Å². The summed E-state index contributed by atoms with van der Waals surface area (Å²) in [5.41, 5.74) is 3.97. The first-order valence-electron chi connectivity index (χ1n) is 6.98. The molecule has 1 aromatic heterocycles. The zero-order valence-electron chi connectivity index (χ0n) is 12.5. The van der Waals surface area contributed by atoms with Gasteiger partial charge < -0.3 is 5.11 Å². The SMILES string of the molecule is Cc1ccc2c(C(=O)O)cc(-c3cc(Cl)ccc3Cl)nc2c1C. The summed E-state index contributed by atoms with van der Waals surface area (Å²) in [6, 6.07) is 10.3. The van der Waals surface area contributed by atoms with E-state index < -0.39 is 5.97 Å². The van der Waals surface area contributed by atoms with Crippen LogP contribution in [0.15, 0.2) is 36.4 Å². The molecule has 0 saturated carbocycles. The molecule has 0 aliphatic heterocycles. The fraction of sp³-hybridized carbons (Fsp3) is 0.111. The number of aryl methyl sites for hydroxylation is 2. The molecular formula is C18H13Cl2NO2. The predicted octanol–water partition coefficient (Wildman–Crippen LogP) is 5.52. The Balaban J connectivity index is 2.41. The topological polar surface area (TPSA) is 50.2 Å². The molecule has 0 unspecified atom stereocenters. The van der Waals surface area contributed by atoms with E-state index in [2.05, 4.69) is 4.98 Å². The van der Waals surface area contributed by atoms with E-state index in [0.717, 1.165) is 11.1 Å². The molecule has 3 rings (SSSR count). The van der Waals surface area contributed by atoms with Crippen molar-refractivity contribution in [3.63, 3.8) is 0 Å². The summed E-state index contributed by atoms with van der Waals surface area (Å²) in [5, 5.41) is 11.2. The van der Waals surface area contributed by atoms with Crippen molar-refractivity contribution in [2.45, 2.75) is 13.8 Å². The molecule has 0 saturated heterocycles. The Kier molecular flexibility index (Phi) is 4.00. The molecule has 0 aliphatic rings. The number of hydrogen-bond donors (Lipinski definition) is 1. The lowest BCUT2D eigenvalue weighted by Crippen LogP contribution is -2.02. The van der Waals surface area contributed by atoms with Crippen LogP contribution in [0.1, 0.15) is 21.5 Å².